The number of benzene rings is 1. The van der Waals surface area contributed by atoms with Crippen LogP contribution >= 0.6 is 0 Å². The molecule has 118 valence electrons. The molecule has 1 aromatic heterocycles. The van der Waals surface area contributed by atoms with Gasteiger partial charge in [-0.1, -0.05) is 22.4 Å². The summed E-state index contributed by atoms with van der Waals surface area (Å²) in [6, 6.07) is 7.64. The lowest BCUT2D eigenvalue weighted by Crippen LogP contribution is -2.32. The zero-order valence-electron chi connectivity index (χ0n) is 12.5. The number of aromatic nitrogens is 1. The molecule has 3 rings (SSSR count). The molecule has 1 aliphatic rings. The van der Waals surface area contributed by atoms with Crippen LogP contribution in [0.25, 0.3) is 0 Å². The summed E-state index contributed by atoms with van der Waals surface area (Å²) in [6.45, 7) is 0.452. The third-order valence-corrected chi connectivity index (χ3v) is 3.17. The Balaban J connectivity index is 1.75. The summed E-state index contributed by atoms with van der Waals surface area (Å²) in [4.78, 5) is 43.0. The van der Waals surface area contributed by atoms with E-state index in [2.05, 4.69) is 5.16 Å². The van der Waals surface area contributed by atoms with Crippen LogP contribution < -0.4 is 0 Å². The molecule has 0 saturated carbocycles. The topological polar surface area (TPSA) is 93.0 Å². The average molecular weight is 315 g/mol. The molecule has 2 heterocycles. The van der Waals surface area contributed by atoms with Gasteiger partial charge in [-0.15, -0.1) is 0 Å². The number of rotatable bonds is 4. The molecule has 0 fully saturated rings. The largest absolute Gasteiger partial charge is 0.385 e. The summed E-state index contributed by atoms with van der Waals surface area (Å²) in [7, 11) is 3.67. The highest BCUT2D eigenvalue weighted by molar-refractivity contribution is 6.21. The number of hydrogen-bond acceptors (Lipinski definition) is 7. The van der Waals surface area contributed by atoms with E-state index in [0.717, 1.165) is 0 Å². The van der Waals surface area contributed by atoms with Crippen molar-refractivity contribution in [2.24, 2.45) is 0 Å². The Morgan fingerprint density at radius 1 is 1.22 bits per heavy atom. The first-order chi connectivity index (χ1) is 11.0. The fourth-order valence-electron chi connectivity index (χ4n) is 2.18. The molecule has 1 aliphatic heterocycles. The number of imide groups is 1. The van der Waals surface area contributed by atoms with Gasteiger partial charge in [-0.3, -0.25) is 9.59 Å². The second kappa shape index (κ2) is 5.65. The molecule has 0 bridgehead atoms. The van der Waals surface area contributed by atoms with E-state index < -0.39 is 17.8 Å². The molecule has 2 aromatic rings. The van der Waals surface area contributed by atoms with Gasteiger partial charge >= 0.3 is 5.97 Å². The van der Waals surface area contributed by atoms with Crippen LogP contribution in [-0.4, -0.2) is 47.0 Å². The smallest absolute Gasteiger partial charge is 0.359 e. The molecule has 2 amide bonds. The van der Waals surface area contributed by atoms with Gasteiger partial charge in [-0.2, -0.15) is 0 Å². The summed E-state index contributed by atoms with van der Waals surface area (Å²) in [5.74, 6) is -1.84. The minimum absolute atomic E-state index is 0.113. The number of nitrogens with zero attached hydrogens (tertiary/aromatic N) is 3. The van der Waals surface area contributed by atoms with Crippen molar-refractivity contribution in [3.8, 4) is 0 Å². The molecule has 0 atom stereocenters. The summed E-state index contributed by atoms with van der Waals surface area (Å²) >= 11 is 0. The quantitative estimate of drug-likeness (QED) is 0.780. The SMILES string of the molecule is CN(C)Cc1cc(C(=O)ON2C(=O)c3ccccc3C2=O)no1. The molecular weight excluding hydrogens is 302 g/mol. The Morgan fingerprint density at radius 2 is 1.83 bits per heavy atom. The molecular formula is C15H13N3O5. The van der Waals surface area contributed by atoms with Crippen LogP contribution in [-0.2, 0) is 11.4 Å². The monoisotopic (exact) mass is 315 g/mol. The van der Waals surface area contributed by atoms with E-state index in [1.165, 1.54) is 18.2 Å². The van der Waals surface area contributed by atoms with Crippen molar-refractivity contribution in [1.82, 2.24) is 15.1 Å². The molecule has 8 heteroatoms. The Bertz CT molecular complexity index is 761. The van der Waals surface area contributed by atoms with Gasteiger partial charge in [0.1, 0.15) is 0 Å². The van der Waals surface area contributed by atoms with Crippen LogP contribution in [0.4, 0.5) is 0 Å². The molecule has 1 aromatic carbocycles. The van der Waals surface area contributed by atoms with E-state index in [4.69, 9.17) is 9.36 Å². The van der Waals surface area contributed by atoms with Gasteiger partial charge < -0.3 is 14.3 Å². The van der Waals surface area contributed by atoms with Crippen LogP contribution in [0.5, 0.6) is 0 Å². The highest BCUT2D eigenvalue weighted by Gasteiger charge is 2.39. The normalized spacial score (nSPS) is 13.6. The second-order valence-corrected chi connectivity index (χ2v) is 5.25. The number of carbonyl (C=O) groups is 3. The standard InChI is InChI=1S/C15H13N3O5/c1-17(2)8-9-7-12(16-22-9)15(21)23-18-13(19)10-5-3-4-6-11(10)14(18)20/h3-7H,8H2,1-2H3. The number of carbonyl (C=O) groups excluding carboxylic acids is 3. The van der Waals surface area contributed by atoms with E-state index in [1.54, 1.807) is 12.1 Å². The minimum Gasteiger partial charge on any atom is -0.359 e. The molecule has 8 nitrogen and oxygen atoms in total. The first-order valence-electron chi connectivity index (χ1n) is 6.78. The van der Waals surface area contributed by atoms with Gasteiger partial charge in [-0.25, -0.2) is 4.79 Å². The second-order valence-electron chi connectivity index (χ2n) is 5.25. The number of hydroxylamine groups is 2. The summed E-state index contributed by atoms with van der Waals surface area (Å²) < 4.78 is 5.00. The van der Waals surface area contributed by atoms with Gasteiger partial charge in [0, 0.05) is 6.07 Å². The van der Waals surface area contributed by atoms with Crippen molar-refractivity contribution in [3.05, 3.63) is 52.9 Å². The van der Waals surface area contributed by atoms with E-state index >= 15 is 0 Å². The molecule has 23 heavy (non-hydrogen) atoms. The average Bonchev–Trinajstić information content (AvgIpc) is 3.06. The highest BCUT2D eigenvalue weighted by Crippen LogP contribution is 2.23. The van der Waals surface area contributed by atoms with Gasteiger partial charge in [0.25, 0.3) is 11.8 Å². The van der Waals surface area contributed by atoms with Gasteiger partial charge in [-0.05, 0) is 26.2 Å². The Kier molecular flexibility index (Phi) is 3.67. The summed E-state index contributed by atoms with van der Waals surface area (Å²) in [6.07, 6.45) is 0. The lowest BCUT2D eigenvalue weighted by Gasteiger charge is -2.11. The molecule has 0 unspecified atom stereocenters. The molecule has 0 N–H and O–H groups in total. The van der Waals surface area contributed by atoms with Crippen molar-refractivity contribution in [1.29, 1.82) is 0 Å². The van der Waals surface area contributed by atoms with Gasteiger partial charge in [0.15, 0.2) is 11.5 Å². The molecule has 0 saturated heterocycles. The zero-order valence-corrected chi connectivity index (χ0v) is 12.5. The van der Waals surface area contributed by atoms with Crippen molar-refractivity contribution < 1.29 is 23.7 Å². The van der Waals surface area contributed by atoms with Crippen LogP contribution in [0.1, 0.15) is 37.0 Å². The maximum absolute atomic E-state index is 12.1. The van der Waals surface area contributed by atoms with E-state index in [0.29, 0.717) is 17.4 Å². The third-order valence-electron chi connectivity index (χ3n) is 3.17. The summed E-state index contributed by atoms with van der Waals surface area (Å²) in [5.41, 5.74) is 0.274. The predicted octanol–water partition coefficient (Wildman–Crippen LogP) is 1.10. The van der Waals surface area contributed by atoms with Crippen molar-refractivity contribution >= 4 is 17.8 Å². The van der Waals surface area contributed by atoms with Crippen LogP contribution in [0.3, 0.4) is 0 Å². The van der Waals surface area contributed by atoms with Crippen LogP contribution in [0.15, 0.2) is 34.9 Å². The fourth-order valence-corrected chi connectivity index (χ4v) is 2.18. The molecule has 0 radical (unpaired) electrons. The van der Waals surface area contributed by atoms with E-state index in [9.17, 15) is 14.4 Å². The minimum atomic E-state index is -0.937. The van der Waals surface area contributed by atoms with E-state index in [-0.39, 0.29) is 16.8 Å². The van der Waals surface area contributed by atoms with Crippen molar-refractivity contribution in [2.75, 3.05) is 14.1 Å². The lowest BCUT2D eigenvalue weighted by molar-refractivity contribution is -0.0590. The Morgan fingerprint density at radius 3 is 2.39 bits per heavy atom. The first-order valence-corrected chi connectivity index (χ1v) is 6.78. The lowest BCUT2D eigenvalue weighted by atomic mass is 10.1. The van der Waals surface area contributed by atoms with Gasteiger partial charge in [0.05, 0.1) is 17.7 Å². The van der Waals surface area contributed by atoms with Crippen molar-refractivity contribution in [2.45, 2.75) is 6.54 Å². The number of amides is 2. The van der Waals surface area contributed by atoms with Gasteiger partial charge in [0.2, 0.25) is 0 Å². The van der Waals surface area contributed by atoms with Crippen molar-refractivity contribution in [3.63, 3.8) is 0 Å². The van der Waals surface area contributed by atoms with Crippen LogP contribution in [0, 0.1) is 0 Å². The van der Waals surface area contributed by atoms with E-state index in [1.807, 2.05) is 19.0 Å². The third kappa shape index (κ3) is 2.71. The maximum Gasteiger partial charge on any atom is 0.385 e. The predicted molar refractivity (Wildman–Crippen MR) is 76.3 cm³/mol. The van der Waals surface area contributed by atoms with Crippen LogP contribution in [0.2, 0.25) is 0 Å². The number of fused-ring (bicyclic) bond motifs is 1. The highest BCUT2D eigenvalue weighted by atomic mass is 16.7. The molecule has 0 spiro atoms. The fraction of sp³-hybridized carbons (Fsp3) is 0.200. The maximum atomic E-state index is 12.1. The first kappa shape index (κ1) is 14.9. The number of hydrogen-bond donors (Lipinski definition) is 0. The Hall–Kier alpha value is -3.00. The molecule has 0 aliphatic carbocycles. The zero-order chi connectivity index (χ0) is 16.6. The Labute approximate surface area is 131 Å². The summed E-state index contributed by atoms with van der Waals surface area (Å²) in [5, 5.41) is 4.02.